The Hall–Kier alpha value is -1.75. The summed E-state index contributed by atoms with van der Waals surface area (Å²) in [5, 5.41) is 4.44. The van der Waals surface area contributed by atoms with E-state index >= 15 is 0 Å². The molecule has 118 valence electrons. The maximum Gasteiger partial charge on any atom is 0.128 e. The van der Waals surface area contributed by atoms with Crippen LogP contribution in [0, 0.1) is 6.92 Å². The normalized spacial score (nSPS) is 15.0. The predicted molar refractivity (Wildman–Crippen MR) is 86.5 cm³/mol. The molecule has 0 N–H and O–H groups in total. The van der Waals surface area contributed by atoms with Crippen molar-refractivity contribution in [2.24, 2.45) is 0 Å². The fraction of sp³-hybridized carbons (Fsp3) is 0.588. The van der Waals surface area contributed by atoms with E-state index in [0.717, 1.165) is 51.3 Å². The summed E-state index contributed by atoms with van der Waals surface area (Å²) in [6, 6.07) is 0. The molecule has 2 aromatic rings. The van der Waals surface area contributed by atoms with Crippen LogP contribution in [-0.2, 0) is 32.5 Å². The van der Waals surface area contributed by atoms with Crippen molar-refractivity contribution in [3.05, 3.63) is 40.7 Å². The van der Waals surface area contributed by atoms with Gasteiger partial charge in [0.25, 0.3) is 0 Å². The van der Waals surface area contributed by atoms with Gasteiger partial charge in [0.05, 0.1) is 6.20 Å². The monoisotopic (exact) mass is 299 g/mol. The molecule has 0 spiro atoms. The maximum atomic E-state index is 4.73. The summed E-state index contributed by atoms with van der Waals surface area (Å²) in [5.41, 5.74) is 5.14. The van der Waals surface area contributed by atoms with Gasteiger partial charge in [-0.1, -0.05) is 6.92 Å². The van der Waals surface area contributed by atoms with Gasteiger partial charge in [0.1, 0.15) is 5.82 Å². The molecule has 1 aliphatic rings. The van der Waals surface area contributed by atoms with E-state index in [2.05, 4.69) is 40.4 Å². The fourth-order valence-corrected chi connectivity index (χ4v) is 3.10. The molecule has 3 rings (SSSR count). The lowest BCUT2D eigenvalue weighted by Gasteiger charge is -2.27. The van der Waals surface area contributed by atoms with E-state index in [-0.39, 0.29) is 0 Å². The van der Waals surface area contributed by atoms with Gasteiger partial charge < -0.3 is 0 Å². The van der Waals surface area contributed by atoms with Crippen LogP contribution in [0.5, 0.6) is 0 Å². The molecular formula is C17H25N5. The first-order valence-electron chi connectivity index (χ1n) is 8.28. The van der Waals surface area contributed by atoms with E-state index in [1.54, 1.807) is 0 Å². The summed E-state index contributed by atoms with van der Waals surface area (Å²) in [4.78, 5) is 11.7. The van der Waals surface area contributed by atoms with Gasteiger partial charge in [-0.05, 0) is 20.3 Å². The lowest BCUT2D eigenvalue weighted by atomic mass is 10.1. The van der Waals surface area contributed by atoms with Crippen molar-refractivity contribution >= 4 is 0 Å². The van der Waals surface area contributed by atoms with Crippen molar-refractivity contribution in [3.63, 3.8) is 0 Å². The first-order chi connectivity index (χ1) is 10.7. The summed E-state index contributed by atoms with van der Waals surface area (Å²) in [7, 11) is 0. The molecule has 0 aromatic carbocycles. The Morgan fingerprint density at radius 2 is 2.09 bits per heavy atom. The summed E-state index contributed by atoms with van der Waals surface area (Å²) < 4.78 is 2.06. The average molecular weight is 299 g/mol. The summed E-state index contributed by atoms with van der Waals surface area (Å²) in [6.07, 6.45) is 7.14. The third kappa shape index (κ3) is 3.04. The van der Waals surface area contributed by atoms with Crippen molar-refractivity contribution in [1.29, 1.82) is 0 Å². The van der Waals surface area contributed by atoms with Gasteiger partial charge in [0, 0.05) is 67.7 Å². The Labute approximate surface area is 132 Å². The maximum absolute atomic E-state index is 4.73. The first-order valence-corrected chi connectivity index (χ1v) is 8.28. The number of aryl methyl sites for hydroxylation is 2. The Morgan fingerprint density at radius 3 is 2.82 bits per heavy atom. The predicted octanol–water partition coefficient (Wildman–Crippen LogP) is 2.51. The van der Waals surface area contributed by atoms with Gasteiger partial charge >= 0.3 is 0 Å². The first kappa shape index (κ1) is 15.2. The van der Waals surface area contributed by atoms with Crippen molar-refractivity contribution in [2.75, 3.05) is 6.54 Å². The number of nitrogens with zero attached hydrogens (tertiary/aromatic N) is 5. The molecule has 3 heterocycles. The third-order valence-corrected chi connectivity index (χ3v) is 4.43. The molecule has 0 fully saturated rings. The molecule has 0 amide bonds. The lowest BCUT2D eigenvalue weighted by Crippen LogP contribution is -2.31. The van der Waals surface area contributed by atoms with Crippen LogP contribution < -0.4 is 0 Å². The van der Waals surface area contributed by atoms with Crippen LogP contribution in [0.25, 0.3) is 0 Å². The largest absolute Gasteiger partial charge is 0.294 e. The zero-order valence-electron chi connectivity index (χ0n) is 13.8. The third-order valence-electron chi connectivity index (χ3n) is 4.43. The molecule has 0 radical (unpaired) electrons. The topological polar surface area (TPSA) is 46.8 Å². The van der Waals surface area contributed by atoms with Crippen molar-refractivity contribution in [1.82, 2.24) is 24.6 Å². The summed E-state index contributed by atoms with van der Waals surface area (Å²) >= 11 is 0. The zero-order valence-corrected chi connectivity index (χ0v) is 13.8. The standard InChI is InChI=1S/C17H25N5/c1-4-6-17-18-9-15-12-21(8-7-16(15)20-17)11-14-10-19-22(5-2)13(14)3/h9-10H,4-8,11-12H2,1-3H3. The van der Waals surface area contributed by atoms with Gasteiger partial charge in [0.15, 0.2) is 0 Å². The van der Waals surface area contributed by atoms with Crippen LogP contribution >= 0.6 is 0 Å². The average Bonchev–Trinajstić information content (AvgIpc) is 2.88. The molecule has 0 aliphatic carbocycles. The van der Waals surface area contributed by atoms with Gasteiger partial charge in [-0.15, -0.1) is 0 Å². The summed E-state index contributed by atoms with van der Waals surface area (Å²) in [5.74, 6) is 0.995. The SMILES string of the molecule is CCCc1ncc2c(n1)CCN(Cc1cnn(CC)c1C)C2. The van der Waals surface area contributed by atoms with Gasteiger partial charge in [-0.25, -0.2) is 9.97 Å². The summed E-state index contributed by atoms with van der Waals surface area (Å²) in [6.45, 7) is 10.4. The van der Waals surface area contributed by atoms with Gasteiger partial charge in [0.2, 0.25) is 0 Å². The van der Waals surface area contributed by atoms with Crippen LogP contribution in [0.1, 0.15) is 48.6 Å². The minimum atomic E-state index is 0.933. The zero-order chi connectivity index (χ0) is 15.5. The van der Waals surface area contributed by atoms with E-state index < -0.39 is 0 Å². The minimum Gasteiger partial charge on any atom is -0.294 e. The second-order valence-electron chi connectivity index (χ2n) is 6.04. The van der Waals surface area contributed by atoms with E-state index in [1.807, 2.05) is 12.4 Å². The van der Waals surface area contributed by atoms with Crippen molar-refractivity contribution in [2.45, 2.75) is 59.7 Å². The van der Waals surface area contributed by atoms with Crippen molar-refractivity contribution < 1.29 is 0 Å². The molecular weight excluding hydrogens is 274 g/mol. The highest BCUT2D eigenvalue weighted by Crippen LogP contribution is 2.20. The molecule has 0 saturated heterocycles. The Morgan fingerprint density at radius 1 is 1.23 bits per heavy atom. The molecule has 5 heteroatoms. The minimum absolute atomic E-state index is 0.933. The van der Waals surface area contributed by atoms with E-state index in [0.29, 0.717) is 0 Å². The number of hydrogen-bond acceptors (Lipinski definition) is 4. The number of hydrogen-bond donors (Lipinski definition) is 0. The van der Waals surface area contributed by atoms with Gasteiger partial charge in [-0.2, -0.15) is 5.10 Å². The van der Waals surface area contributed by atoms with Crippen LogP contribution in [0.2, 0.25) is 0 Å². The quantitative estimate of drug-likeness (QED) is 0.851. The molecule has 0 atom stereocenters. The van der Waals surface area contributed by atoms with E-state index in [4.69, 9.17) is 4.98 Å². The number of rotatable bonds is 5. The molecule has 0 saturated carbocycles. The van der Waals surface area contributed by atoms with Gasteiger partial charge in [-0.3, -0.25) is 9.58 Å². The molecule has 22 heavy (non-hydrogen) atoms. The highest BCUT2D eigenvalue weighted by atomic mass is 15.3. The Kier molecular flexibility index (Phi) is 4.52. The fourth-order valence-electron chi connectivity index (χ4n) is 3.10. The molecule has 5 nitrogen and oxygen atoms in total. The Bertz CT molecular complexity index is 646. The highest BCUT2D eigenvalue weighted by molar-refractivity contribution is 5.22. The van der Waals surface area contributed by atoms with Crippen LogP contribution in [0.3, 0.4) is 0 Å². The van der Waals surface area contributed by atoms with Crippen LogP contribution in [-0.4, -0.2) is 31.2 Å². The molecule has 2 aromatic heterocycles. The Balaban J connectivity index is 1.70. The van der Waals surface area contributed by atoms with E-state index in [1.165, 1.54) is 22.5 Å². The smallest absolute Gasteiger partial charge is 0.128 e. The second-order valence-corrected chi connectivity index (χ2v) is 6.04. The second kappa shape index (κ2) is 6.57. The molecule has 0 unspecified atom stereocenters. The number of aromatic nitrogens is 4. The van der Waals surface area contributed by atoms with Crippen molar-refractivity contribution in [3.8, 4) is 0 Å². The van der Waals surface area contributed by atoms with Crippen LogP contribution in [0.15, 0.2) is 12.4 Å². The number of fused-ring (bicyclic) bond motifs is 1. The highest BCUT2D eigenvalue weighted by Gasteiger charge is 2.19. The lowest BCUT2D eigenvalue weighted by molar-refractivity contribution is 0.242. The van der Waals surface area contributed by atoms with Crippen LogP contribution in [0.4, 0.5) is 0 Å². The molecule has 1 aliphatic heterocycles. The van der Waals surface area contributed by atoms with E-state index in [9.17, 15) is 0 Å². The molecule has 0 bridgehead atoms.